The standard InChI is InChI=1S/C15H13BrCl2N2S/c16-10-5-12(21-9-10)8-19-2-4-20-3-1-13-14(18)6-11(17)7-15(13)20/h1,3,5-7,9,19H,2,4,8H2. The lowest BCUT2D eigenvalue weighted by molar-refractivity contribution is 0.613. The Morgan fingerprint density at radius 2 is 2.10 bits per heavy atom. The van der Waals surface area contributed by atoms with Crippen LogP contribution in [0, 0.1) is 0 Å². The van der Waals surface area contributed by atoms with Crippen LogP contribution in [0.4, 0.5) is 0 Å². The van der Waals surface area contributed by atoms with Crippen molar-refractivity contribution in [3.05, 3.63) is 55.2 Å². The van der Waals surface area contributed by atoms with E-state index in [0.29, 0.717) is 10.0 Å². The molecule has 1 N–H and O–H groups in total. The molecule has 0 bridgehead atoms. The van der Waals surface area contributed by atoms with Crippen LogP contribution in [0.15, 0.2) is 40.3 Å². The Kier molecular flexibility index (Phi) is 4.92. The van der Waals surface area contributed by atoms with Crippen molar-refractivity contribution in [1.29, 1.82) is 0 Å². The van der Waals surface area contributed by atoms with Gasteiger partial charge in [-0.3, -0.25) is 0 Å². The van der Waals surface area contributed by atoms with Gasteiger partial charge < -0.3 is 9.88 Å². The number of fused-ring (bicyclic) bond motifs is 1. The van der Waals surface area contributed by atoms with Crippen molar-refractivity contribution in [2.75, 3.05) is 6.54 Å². The number of halogens is 3. The Balaban J connectivity index is 1.63. The molecule has 2 aromatic heterocycles. The molecule has 21 heavy (non-hydrogen) atoms. The molecular weight excluding hydrogens is 391 g/mol. The van der Waals surface area contributed by atoms with Crippen molar-refractivity contribution in [1.82, 2.24) is 9.88 Å². The zero-order valence-corrected chi connectivity index (χ0v) is 15.0. The summed E-state index contributed by atoms with van der Waals surface area (Å²) >= 11 is 17.5. The van der Waals surface area contributed by atoms with E-state index in [4.69, 9.17) is 23.2 Å². The molecule has 0 spiro atoms. The molecule has 0 unspecified atom stereocenters. The van der Waals surface area contributed by atoms with Crippen molar-refractivity contribution >= 4 is 61.4 Å². The van der Waals surface area contributed by atoms with Crippen LogP contribution < -0.4 is 5.32 Å². The number of hydrogen-bond acceptors (Lipinski definition) is 2. The molecule has 0 fully saturated rings. The summed E-state index contributed by atoms with van der Waals surface area (Å²) in [5.74, 6) is 0. The van der Waals surface area contributed by atoms with Gasteiger partial charge in [0.25, 0.3) is 0 Å². The van der Waals surface area contributed by atoms with Gasteiger partial charge in [-0.1, -0.05) is 23.2 Å². The van der Waals surface area contributed by atoms with E-state index < -0.39 is 0 Å². The summed E-state index contributed by atoms with van der Waals surface area (Å²) in [6.45, 7) is 2.66. The Bertz CT molecular complexity index is 766. The zero-order chi connectivity index (χ0) is 14.8. The molecule has 0 aliphatic rings. The van der Waals surface area contributed by atoms with Gasteiger partial charge in [0, 0.05) is 51.0 Å². The Morgan fingerprint density at radius 3 is 2.86 bits per heavy atom. The normalized spacial score (nSPS) is 11.4. The first-order valence-corrected chi connectivity index (χ1v) is 8.94. The van der Waals surface area contributed by atoms with Gasteiger partial charge in [-0.2, -0.15) is 0 Å². The fourth-order valence-electron chi connectivity index (χ4n) is 2.27. The molecule has 2 nitrogen and oxygen atoms in total. The number of thiophene rings is 1. The summed E-state index contributed by atoms with van der Waals surface area (Å²) < 4.78 is 3.31. The first-order chi connectivity index (χ1) is 10.1. The zero-order valence-electron chi connectivity index (χ0n) is 11.1. The van der Waals surface area contributed by atoms with Gasteiger partial charge in [-0.05, 0) is 40.2 Å². The molecule has 0 radical (unpaired) electrons. The molecule has 6 heteroatoms. The predicted molar refractivity (Wildman–Crippen MR) is 95.7 cm³/mol. The second-order valence-corrected chi connectivity index (χ2v) is 7.49. The predicted octanol–water partition coefficient (Wildman–Crippen LogP) is 5.56. The van der Waals surface area contributed by atoms with Gasteiger partial charge in [0.05, 0.1) is 10.5 Å². The minimum atomic E-state index is 0.670. The molecule has 0 saturated carbocycles. The quantitative estimate of drug-likeness (QED) is 0.551. The number of benzene rings is 1. The second-order valence-electron chi connectivity index (χ2n) is 4.74. The lowest BCUT2D eigenvalue weighted by Gasteiger charge is -2.07. The highest BCUT2D eigenvalue weighted by Crippen LogP contribution is 2.28. The van der Waals surface area contributed by atoms with Crippen LogP contribution >= 0.6 is 50.5 Å². The fraction of sp³-hybridized carbons (Fsp3) is 0.200. The molecule has 1 aromatic carbocycles. The highest BCUT2D eigenvalue weighted by atomic mass is 79.9. The number of hydrogen-bond donors (Lipinski definition) is 1. The van der Waals surface area contributed by atoms with Crippen LogP contribution in [0.3, 0.4) is 0 Å². The number of aromatic nitrogens is 1. The highest BCUT2D eigenvalue weighted by molar-refractivity contribution is 9.10. The average molecular weight is 404 g/mol. The Morgan fingerprint density at radius 1 is 1.24 bits per heavy atom. The van der Waals surface area contributed by atoms with Crippen molar-refractivity contribution < 1.29 is 0 Å². The van der Waals surface area contributed by atoms with Crippen LogP contribution in [0.1, 0.15) is 4.88 Å². The molecule has 0 aliphatic carbocycles. The first-order valence-electron chi connectivity index (χ1n) is 6.51. The van der Waals surface area contributed by atoms with Gasteiger partial charge in [0.1, 0.15) is 0 Å². The van der Waals surface area contributed by atoms with E-state index in [1.54, 1.807) is 17.4 Å². The minimum absolute atomic E-state index is 0.670. The van der Waals surface area contributed by atoms with Gasteiger partial charge in [0.15, 0.2) is 0 Å². The van der Waals surface area contributed by atoms with E-state index in [-0.39, 0.29) is 0 Å². The Hall–Kier alpha value is -0.520. The van der Waals surface area contributed by atoms with Crippen molar-refractivity contribution in [3.8, 4) is 0 Å². The topological polar surface area (TPSA) is 17.0 Å². The number of rotatable bonds is 5. The largest absolute Gasteiger partial charge is 0.346 e. The van der Waals surface area contributed by atoms with Gasteiger partial charge in [0.2, 0.25) is 0 Å². The molecule has 0 saturated heterocycles. The van der Waals surface area contributed by atoms with Crippen LogP contribution in [0.5, 0.6) is 0 Å². The van der Waals surface area contributed by atoms with E-state index in [1.165, 1.54) is 4.88 Å². The maximum absolute atomic E-state index is 6.20. The molecule has 110 valence electrons. The van der Waals surface area contributed by atoms with E-state index in [0.717, 1.165) is 35.0 Å². The third-order valence-corrected chi connectivity index (χ3v) is 5.48. The summed E-state index contributed by atoms with van der Waals surface area (Å²) in [6.07, 6.45) is 2.05. The van der Waals surface area contributed by atoms with Crippen LogP contribution in [0.25, 0.3) is 10.9 Å². The third-order valence-electron chi connectivity index (χ3n) is 3.25. The number of nitrogens with zero attached hydrogens (tertiary/aromatic N) is 1. The third kappa shape index (κ3) is 3.63. The second kappa shape index (κ2) is 6.71. The highest BCUT2D eigenvalue weighted by Gasteiger charge is 2.06. The fourth-order valence-corrected chi connectivity index (χ4v) is 4.24. The minimum Gasteiger partial charge on any atom is -0.346 e. The maximum Gasteiger partial charge on any atom is 0.0514 e. The van der Waals surface area contributed by atoms with Crippen LogP contribution in [0.2, 0.25) is 10.0 Å². The smallest absolute Gasteiger partial charge is 0.0514 e. The van der Waals surface area contributed by atoms with Gasteiger partial charge in [-0.25, -0.2) is 0 Å². The average Bonchev–Trinajstić information content (AvgIpc) is 3.02. The summed E-state index contributed by atoms with van der Waals surface area (Å²) in [5, 5.41) is 7.96. The monoisotopic (exact) mass is 402 g/mol. The van der Waals surface area contributed by atoms with Gasteiger partial charge >= 0.3 is 0 Å². The lowest BCUT2D eigenvalue weighted by Crippen LogP contribution is -2.18. The van der Waals surface area contributed by atoms with Crippen molar-refractivity contribution in [2.45, 2.75) is 13.1 Å². The van der Waals surface area contributed by atoms with Crippen LogP contribution in [-0.2, 0) is 13.1 Å². The molecule has 3 rings (SSSR count). The molecule has 2 heterocycles. The summed E-state index contributed by atoms with van der Waals surface area (Å²) in [7, 11) is 0. The molecule has 0 atom stereocenters. The first kappa shape index (κ1) is 15.4. The van der Waals surface area contributed by atoms with Crippen LogP contribution in [-0.4, -0.2) is 11.1 Å². The van der Waals surface area contributed by atoms with E-state index in [9.17, 15) is 0 Å². The van der Waals surface area contributed by atoms with E-state index in [2.05, 4.69) is 43.5 Å². The van der Waals surface area contributed by atoms with Crippen molar-refractivity contribution in [3.63, 3.8) is 0 Å². The number of nitrogens with one attached hydrogen (secondary N) is 1. The van der Waals surface area contributed by atoms with Gasteiger partial charge in [-0.15, -0.1) is 11.3 Å². The molecule has 0 aliphatic heterocycles. The van der Waals surface area contributed by atoms with E-state index >= 15 is 0 Å². The van der Waals surface area contributed by atoms with Crippen molar-refractivity contribution in [2.24, 2.45) is 0 Å². The maximum atomic E-state index is 6.20. The Labute approximate surface area is 145 Å². The molecule has 0 amide bonds. The summed E-state index contributed by atoms with van der Waals surface area (Å²) in [5.41, 5.74) is 1.08. The lowest BCUT2D eigenvalue weighted by atomic mass is 10.2. The van der Waals surface area contributed by atoms with E-state index in [1.807, 2.05) is 12.1 Å². The summed E-state index contributed by atoms with van der Waals surface area (Å²) in [6, 6.07) is 7.91. The molecule has 3 aromatic rings. The summed E-state index contributed by atoms with van der Waals surface area (Å²) in [4.78, 5) is 1.32. The molecular formula is C15H13BrCl2N2S. The SMILES string of the molecule is Clc1cc(Cl)c2ccn(CCNCc3cc(Br)cs3)c2c1.